The number of rotatable bonds is 4. The highest BCUT2D eigenvalue weighted by Crippen LogP contribution is 2.13. The van der Waals surface area contributed by atoms with Gasteiger partial charge in [-0.2, -0.15) is 0 Å². The summed E-state index contributed by atoms with van der Waals surface area (Å²) in [5, 5.41) is 4.19. The summed E-state index contributed by atoms with van der Waals surface area (Å²) in [4.78, 5) is 4.32. The van der Waals surface area contributed by atoms with E-state index in [1.165, 1.54) is 5.56 Å². The first-order valence-corrected chi connectivity index (χ1v) is 6.02. The first kappa shape index (κ1) is 12.1. The second kappa shape index (κ2) is 5.80. The van der Waals surface area contributed by atoms with Crippen LogP contribution in [-0.2, 0) is 6.54 Å². The summed E-state index contributed by atoms with van der Waals surface area (Å²) < 4.78 is 0. The van der Waals surface area contributed by atoms with Crippen LogP contribution >= 0.6 is 11.6 Å². The molecule has 0 aliphatic carbocycles. The van der Waals surface area contributed by atoms with Gasteiger partial charge in [-0.3, -0.25) is 4.98 Å². The first-order chi connectivity index (χ1) is 8.25. The van der Waals surface area contributed by atoms with Gasteiger partial charge < -0.3 is 5.32 Å². The second-order valence-electron chi connectivity index (χ2n) is 3.99. The predicted octanol–water partition coefficient (Wildman–Crippen LogP) is 3.59. The maximum Gasteiger partial charge on any atom is 0.0570 e. The molecule has 0 aliphatic rings. The van der Waals surface area contributed by atoms with Gasteiger partial charge in [0.25, 0.3) is 0 Å². The van der Waals surface area contributed by atoms with Gasteiger partial charge in [0.05, 0.1) is 5.69 Å². The van der Waals surface area contributed by atoms with Crippen molar-refractivity contribution in [2.75, 3.05) is 0 Å². The SMILES string of the molecule is C[C@@H](NCc1cccc(Cl)c1)c1ccccn1. The Hall–Kier alpha value is -1.38. The Bertz CT molecular complexity index is 471. The molecule has 1 aromatic carbocycles. The molecule has 0 saturated carbocycles. The number of halogens is 1. The molecule has 2 nitrogen and oxygen atoms in total. The third-order valence-electron chi connectivity index (χ3n) is 2.63. The minimum Gasteiger partial charge on any atom is -0.305 e. The summed E-state index contributed by atoms with van der Waals surface area (Å²) >= 11 is 5.94. The van der Waals surface area contributed by atoms with Crippen molar-refractivity contribution < 1.29 is 0 Å². The van der Waals surface area contributed by atoms with Crippen molar-refractivity contribution in [3.8, 4) is 0 Å². The van der Waals surface area contributed by atoms with Crippen LogP contribution in [0.25, 0.3) is 0 Å². The van der Waals surface area contributed by atoms with Crippen LogP contribution < -0.4 is 5.32 Å². The monoisotopic (exact) mass is 246 g/mol. The molecule has 2 aromatic rings. The van der Waals surface area contributed by atoms with Gasteiger partial charge in [-0.1, -0.05) is 29.8 Å². The van der Waals surface area contributed by atoms with Gasteiger partial charge in [-0.25, -0.2) is 0 Å². The fraction of sp³-hybridized carbons (Fsp3) is 0.214. The fourth-order valence-corrected chi connectivity index (χ4v) is 1.87. The van der Waals surface area contributed by atoms with E-state index in [0.29, 0.717) is 0 Å². The molecule has 88 valence electrons. The average Bonchev–Trinajstić information content (AvgIpc) is 2.37. The van der Waals surface area contributed by atoms with Crippen molar-refractivity contribution in [1.29, 1.82) is 0 Å². The van der Waals surface area contributed by atoms with Gasteiger partial charge in [0.15, 0.2) is 0 Å². The zero-order valence-corrected chi connectivity index (χ0v) is 10.5. The Kier molecular flexibility index (Phi) is 4.13. The summed E-state index contributed by atoms with van der Waals surface area (Å²) in [6.07, 6.45) is 1.81. The highest BCUT2D eigenvalue weighted by atomic mass is 35.5. The van der Waals surface area contributed by atoms with Crippen LogP contribution in [0, 0.1) is 0 Å². The minimum atomic E-state index is 0.232. The number of hydrogen-bond donors (Lipinski definition) is 1. The van der Waals surface area contributed by atoms with Gasteiger partial charge in [-0.05, 0) is 36.8 Å². The number of nitrogens with one attached hydrogen (secondary N) is 1. The molecule has 0 amide bonds. The van der Waals surface area contributed by atoms with Crippen molar-refractivity contribution >= 4 is 11.6 Å². The third-order valence-corrected chi connectivity index (χ3v) is 2.87. The molecule has 1 aromatic heterocycles. The van der Waals surface area contributed by atoms with Crippen molar-refractivity contribution in [3.63, 3.8) is 0 Å². The van der Waals surface area contributed by atoms with Crippen molar-refractivity contribution in [2.45, 2.75) is 19.5 Å². The predicted molar refractivity (Wildman–Crippen MR) is 70.9 cm³/mol. The van der Waals surface area contributed by atoms with E-state index in [1.807, 2.05) is 42.6 Å². The van der Waals surface area contributed by atoms with Crippen LogP contribution in [0.2, 0.25) is 5.02 Å². The van der Waals surface area contributed by atoms with Crippen LogP contribution in [0.5, 0.6) is 0 Å². The Balaban J connectivity index is 1.95. The normalized spacial score (nSPS) is 12.4. The molecular weight excluding hydrogens is 232 g/mol. The van der Waals surface area contributed by atoms with Gasteiger partial charge >= 0.3 is 0 Å². The zero-order chi connectivity index (χ0) is 12.1. The quantitative estimate of drug-likeness (QED) is 0.892. The summed E-state index contributed by atoms with van der Waals surface area (Å²) in [7, 11) is 0. The van der Waals surface area contributed by atoms with E-state index in [9.17, 15) is 0 Å². The highest BCUT2D eigenvalue weighted by Gasteiger charge is 2.05. The maximum absolute atomic E-state index is 5.94. The molecule has 0 aliphatic heterocycles. The molecule has 1 atom stereocenters. The Morgan fingerprint density at radius 3 is 2.82 bits per heavy atom. The molecule has 17 heavy (non-hydrogen) atoms. The number of hydrogen-bond acceptors (Lipinski definition) is 2. The summed E-state index contributed by atoms with van der Waals surface area (Å²) in [6.45, 7) is 2.89. The Morgan fingerprint density at radius 2 is 2.12 bits per heavy atom. The van der Waals surface area contributed by atoms with Crippen LogP contribution in [-0.4, -0.2) is 4.98 Å². The van der Waals surface area contributed by atoms with Gasteiger partial charge in [0.1, 0.15) is 0 Å². The standard InChI is InChI=1S/C14H15ClN2/c1-11(14-7-2-3-8-16-14)17-10-12-5-4-6-13(15)9-12/h2-9,11,17H,10H2,1H3/t11-/m1/s1. The van der Waals surface area contributed by atoms with Crippen molar-refractivity contribution in [2.24, 2.45) is 0 Å². The number of pyridine rings is 1. The Morgan fingerprint density at radius 1 is 1.24 bits per heavy atom. The summed E-state index contributed by atoms with van der Waals surface area (Å²) in [6, 6.07) is 14.1. The molecule has 0 bridgehead atoms. The molecule has 3 heteroatoms. The fourth-order valence-electron chi connectivity index (χ4n) is 1.65. The lowest BCUT2D eigenvalue weighted by atomic mass is 10.2. The van der Waals surface area contributed by atoms with Gasteiger partial charge in [0, 0.05) is 23.8 Å². The van der Waals surface area contributed by atoms with E-state index in [2.05, 4.69) is 23.3 Å². The van der Waals surface area contributed by atoms with E-state index >= 15 is 0 Å². The average molecular weight is 247 g/mol. The summed E-state index contributed by atoms with van der Waals surface area (Å²) in [5.41, 5.74) is 2.23. The minimum absolute atomic E-state index is 0.232. The molecule has 1 N–H and O–H groups in total. The molecule has 1 heterocycles. The first-order valence-electron chi connectivity index (χ1n) is 5.64. The lowest BCUT2D eigenvalue weighted by Crippen LogP contribution is -2.18. The molecule has 0 fully saturated rings. The highest BCUT2D eigenvalue weighted by molar-refractivity contribution is 6.30. The van der Waals surface area contributed by atoms with E-state index in [-0.39, 0.29) is 6.04 Å². The molecular formula is C14H15ClN2. The van der Waals surface area contributed by atoms with Crippen LogP contribution in [0.4, 0.5) is 0 Å². The van der Waals surface area contributed by atoms with E-state index in [0.717, 1.165) is 17.3 Å². The van der Waals surface area contributed by atoms with Crippen LogP contribution in [0.1, 0.15) is 24.2 Å². The smallest absolute Gasteiger partial charge is 0.0570 e. The van der Waals surface area contributed by atoms with Gasteiger partial charge in [0.2, 0.25) is 0 Å². The maximum atomic E-state index is 5.94. The molecule has 0 unspecified atom stereocenters. The molecule has 0 spiro atoms. The van der Waals surface area contributed by atoms with Crippen LogP contribution in [0.3, 0.4) is 0 Å². The number of benzene rings is 1. The largest absolute Gasteiger partial charge is 0.305 e. The summed E-state index contributed by atoms with van der Waals surface area (Å²) in [5.74, 6) is 0. The number of aromatic nitrogens is 1. The van der Waals surface area contributed by atoms with Crippen molar-refractivity contribution in [1.82, 2.24) is 10.3 Å². The number of nitrogens with zero attached hydrogens (tertiary/aromatic N) is 1. The lowest BCUT2D eigenvalue weighted by molar-refractivity contribution is 0.561. The molecule has 0 saturated heterocycles. The van der Waals surface area contributed by atoms with E-state index in [1.54, 1.807) is 0 Å². The third kappa shape index (κ3) is 3.55. The van der Waals surface area contributed by atoms with Crippen LogP contribution in [0.15, 0.2) is 48.7 Å². The zero-order valence-electron chi connectivity index (χ0n) is 9.73. The molecule has 0 radical (unpaired) electrons. The van der Waals surface area contributed by atoms with E-state index < -0.39 is 0 Å². The van der Waals surface area contributed by atoms with Crippen molar-refractivity contribution in [3.05, 3.63) is 64.9 Å². The topological polar surface area (TPSA) is 24.9 Å². The second-order valence-corrected chi connectivity index (χ2v) is 4.42. The lowest BCUT2D eigenvalue weighted by Gasteiger charge is -2.13. The van der Waals surface area contributed by atoms with Gasteiger partial charge in [-0.15, -0.1) is 0 Å². The van der Waals surface area contributed by atoms with E-state index in [4.69, 9.17) is 11.6 Å². The molecule has 2 rings (SSSR count). The Labute approximate surface area is 107 Å².